The molecule has 6 rings (SSSR count). The Balaban J connectivity index is 0.000000453. The van der Waals surface area contributed by atoms with Crippen molar-refractivity contribution in [3.63, 3.8) is 0 Å². The van der Waals surface area contributed by atoms with Crippen molar-refractivity contribution in [3.8, 4) is 17.2 Å². The van der Waals surface area contributed by atoms with Crippen molar-refractivity contribution in [3.05, 3.63) is 194 Å². The van der Waals surface area contributed by atoms with E-state index in [1.807, 2.05) is 146 Å². The first kappa shape index (κ1) is 55.3. The molecule has 11 heteroatoms. The minimum absolute atomic E-state index is 0.0599. The van der Waals surface area contributed by atoms with Crippen LogP contribution in [0.2, 0.25) is 0 Å². The van der Waals surface area contributed by atoms with Gasteiger partial charge in [0, 0.05) is 51.1 Å². The lowest BCUT2D eigenvalue weighted by Crippen LogP contribution is -2.22. The lowest BCUT2D eigenvalue weighted by molar-refractivity contribution is -0.118. The highest BCUT2D eigenvalue weighted by molar-refractivity contribution is 5.75. The summed E-state index contributed by atoms with van der Waals surface area (Å²) in [6.45, 7) is 19.7. The number of ketones is 2. The van der Waals surface area contributed by atoms with Crippen LogP contribution >= 0.6 is 0 Å². The van der Waals surface area contributed by atoms with Gasteiger partial charge in [-0.3, -0.25) is 24.0 Å². The number of Topliss-reactive ketones (excluding diaryl/α,β-unsaturated/α-hetero) is 2. The van der Waals surface area contributed by atoms with E-state index < -0.39 is 0 Å². The molecule has 344 valence electrons. The first-order chi connectivity index (χ1) is 31.1. The Hall–Kier alpha value is -6.75. The molecule has 0 fully saturated rings. The van der Waals surface area contributed by atoms with Gasteiger partial charge in [0.05, 0.1) is 0 Å². The van der Waals surface area contributed by atoms with E-state index in [0.717, 1.165) is 29.7 Å². The third kappa shape index (κ3) is 21.4. The molecule has 0 amide bonds. The molecule has 0 saturated carbocycles. The summed E-state index contributed by atoms with van der Waals surface area (Å²) in [6.07, 6.45) is 6.76. The van der Waals surface area contributed by atoms with E-state index in [9.17, 15) is 24.0 Å². The molecule has 0 aliphatic carbocycles. The Morgan fingerprint density at radius 2 is 0.672 bits per heavy atom. The molecular weight excluding hydrogens is 807 g/mol. The van der Waals surface area contributed by atoms with Gasteiger partial charge in [0.15, 0.2) is 17.2 Å². The number of hydrogen-bond donors (Lipinski definition) is 0. The summed E-state index contributed by atoms with van der Waals surface area (Å²) in [5.74, 6) is 1.15. The first-order valence-corrected chi connectivity index (χ1v) is 22.2. The average molecular weight is 876 g/mol. The minimum Gasteiger partial charge on any atom is -0.483 e. The Labute approximate surface area is 379 Å². The van der Waals surface area contributed by atoms with Crippen molar-refractivity contribution in [1.29, 1.82) is 0 Å². The number of carbonyl (C=O) groups excluding carboxylic acids is 2. The highest BCUT2D eigenvalue weighted by Gasteiger charge is 2.08. The Morgan fingerprint density at radius 3 is 0.922 bits per heavy atom. The summed E-state index contributed by atoms with van der Waals surface area (Å²) in [6, 6.07) is 39.5. The summed E-state index contributed by atoms with van der Waals surface area (Å²) in [4.78, 5) is 58.2. The Morgan fingerprint density at radius 1 is 0.406 bits per heavy atom. The van der Waals surface area contributed by atoms with Gasteiger partial charge in [0.2, 0.25) is 0 Å². The summed E-state index contributed by atoms with van der Waals surface area (Å²) in [7, 11) is 0. The molecule has 0 N–H and O–H groups in total. The Kier molecular flexibility index (Phi) is 29.2. The molecule has 11 nitrogen and oxygen atoms in total. The molecule has 0 spiro atoms. The van der Waals surface area contributed by atoms with Gasteiger partial charge >= 0.3 is 0 Å². The van der Waals surface area contributed by atoms with Crippen LogP contribution in [0.25, 0.3) is 0 Å². The fraction of sp³-hybridized carbons (Fsp3) is 0.340. The van der Waals surface area contributed by atoms with Gasteiger partial charge in [-0.15, -0.1) is 0 Å². The normalized spacial score (nSPS) is 9.58. The van der Waals surface area contributed by atoms with Gasteiger partial charge in [0.1, 0.15) is 31.4 Å². The second-order valence-corrected chi connectivity index (χ2v) is 13.3. The van der Waals surface area contributed by atoms with Crippen LogP contribution in [0.4, 0.5) is 0 Å². The average Bonchev–Trinajstić information content (AvgIpc) is 3.33. The van der Waals surface area contributed by atoms with Crippen LogP contribution in [0, 0.1) is 0 Å². The molecule has 3 heterocycles. The summed E-state index contributed by atoms with van der Waals surface area (Å²) in [5, 5.41) is 0. The topological polar surface area (TPSA) is 128 Å². The number of nitrogens with zero attached hydrogens (tertiary/aromatic N) is 3. The maximum atomic E-state index is 12.1. The van der Waals surface area contributed by atoms with E-state index in [-0.39, 0.29) is 28.2 Å². The van der Waals surface area contributed by atoms with Crippen LogP contribution in [0.5, 0.6) is 17.2 Å². The SMILES string of the molecule is CC.CC.CC.CC(=O)CCn1cccc(OCc2ccccc2)c1=O.CC(=O)CCn1cccc(OCc2ccccc2)c1=O.CCCn1cccc(OCc2ccccc2)c1=O. The molecule has 0 radical (unpaired) electrons. The van der Waals surface area contributed by atoms with Crippen molar-refractivity contribution in [1.82, 2.24) is 13.7 Å². The summed E-state index contributed by atoms with van der Waals surface area (Å²) in [5.41, 5.74) is 2.60. The van der Waals surface area contributed by atoms with Crippen LogP contribution in [-0.4, -0.2) is 25.3 Å². The highest BCUT2D eigenvalue weighted by Crippen LogP contribution is 2.10. The van der Waals surface area contributed by atoms with Crippen LogP contribution in [0.15, 0.2) is 160 Å². The van der Waals surface area contributed by atoms with Gasteiger partial charge in [0.25, 0.3) is 16.7 Å². The molecule has 3 aromatic carbocycles. The number of benzene rings is 3. The molecule has 0 aliphatic heterocycles. The van der Waals surface area contributed by atoms with Crippen LogP contribution in [0.1, 0.15) is 98.3 Å². The predicted molar refractivity (Wildman–Crippen MR) is 259 cm³/mol. The van der Waals surface area contributed by atoms with Gasteiger partial charge in [-0.25, -0.2) is 0 Å². The van der Waals surface area contributed by atoms with E-state index in [1.165, 1.54) is 23.0 Å². The number of rotatable bonds is 17. The maximum Gasteiger partial charge on any atom is 0.292 e. The number of aromatic nitrogens is 3. The molecule has 3 aromatic heterocycles. The molecule has 64 heavy (non-hydrogen) atoms. The van der Waals surface area contributed by atoms with Crippen LogP contribution in [0.3, 0.4) is 0 Å². The number of hydrogen-bond acceptors (Lipinski definition) is 8. The van der Waals surface area contributed by atoms with E-state index >= 15 is 0 Å². The van der Waals surface area contributed by atoms with E-state index in [0.29, 0.717) is 63.0 Å². The highest BCUT2D eigenvalue weighted by atomic mass is 16.5. The molecule has 0 saturated heterocycles. The fourth-order valence-electron chi connectivity index (χ4n) is 5.40. The lowest BCUT2D eigenvalue weighted by Gasteiger charge is -2.09. The number of carbonyl (C=O) groups is 2. The molecule has 6 aromatic rings. The second kappa shape index (κ2) is 33.8. The first-order valence-electron chi connectivity index (χ1n) is 22.2. The molecular formula is C53H69N3O8. The molecule has 0 atom stereocenters. The van der Waals surface area contributed by atoms with Crippen LogP contribution < -0.4 is 30.9 Å². The van der Waals surface area contributed by atoms with E-state index in [2.05, 4.69) is 0 Å². The Bertz CT molecular complexity index is 2220. The van der Waals surface area contributed by atoms with Crippen LogP contribution in [-0.2, 0) is 49.0 Å². The second-order valence-electron chi connectivity index (χ2n) is 13.3. The number of pyridine rings is 3. The smallest absolute Gasteiger partial charge is 0.292 e. The zero-order valence-corrected chi connectivity index (χ0v) is 39.3. The van der Waals surface area contributed by atoms with E-state index in [1.54, 1.807) is 53.5 Å². The van der Waals surface area contributed by atoms with Crippen molar-refractivity contribution in [2.45, 2.75) is 121 Å². The minimum atomic E-state index is -0.204. The predicted octanol–water partition coefficient (Wildman–Crippen LogP) is 10.7. The van der Waals surface area contributed by atoms with Crippen molar-refractivity contribution in [2.75, 3.05) is 0 Å². The number of ether oxygens (including phenoxy) is 3. The zero-order chi connectivity index (χ0) is 47.5. The van der Waals surface area contributed by atoms with Gasteiger partial charge in [-0.2, -0.15) is 0 Å². The van der Waals surface area contributed by atoms with E-state index in [4.69, 9.17) is 14.2 Å². The van der Waals surface area contributed by atoms with Crippen molar-refractivity contribution < 1.29 is 23.8 Å². The fourth-order valence-corrected chi connectivity index (χ4v) is 5.40. The quantitative estimate of drug-likeness (QED) is 0.0886. The third-order valence-electron chi connectivity index (χ3n) is 8.54. The van der Waals surface area contributed by atoms with Gasteiger partial charge in [-0.05, 0) is 73.4 Å². The number of aryl methyl sites for hydroxylation is 3. The molecule has 0 unspecified atom stereocenters. The monoisotopic (exact) mass is 876 g/mol. The molecule has 0 bridgehead atoms. The maximum absolute atomic E-state index is 12.1. The summed E-state index contributed by atoms with van der Waals surface area (Å²) < 4.78 is 21.4. The molecule has 0 aliphatic rings. The van der Waals surface area contributed by atoms with Gasteiger partial charge < -0.3 is 27.9 Å². The summed E-state index contributed by atoms with van der Waals surface area (Å²) >= 11 is 0. The largest absolute Gasteiger partial charge is 0.483 e. The third-order valence-corrected chi connectivity index (χ3v) is 8.54. The van der Waals surface area contributed by atoms with Crippen molar-refractivity contribution >= 4 is 11.6 Å². The zero-order valence-electron chi connectivity index (χ0n) is 39.3. The van der Waals surface area contributed by atoms with Crippen molar-refractivity contribution in [2.24, 2.45) is 0 Å². The standard InChI is InChI=1S/2C16H17NO3.C15H17NO2.3C2H6/c2*1-13(18)9-11-17-10-5-8-15(16(17)19)20-12-14-6-3-2-4-7-14;1-2-10-16-11-6-9-14(15(16)17)18-12-13-7-4-3-5-8-13;3*1-2/h2*2-8,10H,9,11-12H2,1H3;3-9,11H,2,10,12H2,1H3;3*1-2H3. The lowest BCUT2D eigenvalue weighted by atomic mass is 10.2. The van der Waals surface area contributed by atoms with Gasteiger partial charge in [-0.1, -0.05) is 139 Å².